The summed E-state index contributed by atoms with van der Waals surface area (Å²) >= 11 is 6.72. The molecule has 4 rings (SSSR count). The zero-order valence-corrected chi connectivity index (χ0v) is 17.3. The smallest absolute Gasteiger partial charge is 0.234 e. The van der Waals surface area contributed by atoms with Gasteiger partial charge in [0.05, 0.1) is 16.5 Å². The van der Waals surface area contributed by atoms with Crippen LogP contribution in [0.3, 0.4) is 0 Å². The fraction of sp³-hybridized carbons (Fsp3) is 0.435. The SMILES string of the molecule is CC1(N2CCCCC2=O)C=CC(c2cccc(C3CCC(=O)NC3=O)c2Cl)=CC1. The molecule has 2 unspecified atom stereocenters. The number of rotatable bonds is 3. The Labute approximate surface area is 175 Å². The van der Waals surface area contributed by atoms with E-state index in [0.29, 0.717) is 24.3 Å². The minimum Gasteiger partial charge on any atom is -0.334 e. The molecule has 3 amide bonds. The second-order valence-corrected chi connectivity index (χ2v) is 8.65. The van der Waals surface area contributed by atoms with Crippen LogP contribution in [0.25, 0.3) is 5.57 Å². The second-order valence-electron chi connectivity index (χ2n) is 8.27. The number of benzene rings is 1. The van der Waals surface area contributed by atoms with Crippen LogP contribution in [0, 0.1) is 0 Å². The molecule has 1 aromatic carbocycles. The Hall–Kier alpha value is -2.40. The summed E-state index contributed by atoms with van der Waals surface area (Å²) in [5.74, 6) is -0.713. The number of likely N-dealkylation sites (tertiary alicyclic amines) is 1. The average Bonchev–Trinajstić information content (AvgIpc) is 2.70. The highest BCUT2D eigenvalue weighted by Crippen LogP contribution is 2.39. The van der Waals surface area contributed by atoms with E-state index in [1.54, 1.807) is 0 Å². The molecule has 2 fully saturated rings. The van der Waals surface area contributed by atoms with E-state index in [1.165, 1.54) is 0 Å². The van der Waals surface area contributed by atoms with Crippen molar-refractivity contribution in [1.82, 2.24) is 10.2 Å². The van der Waals surface area contributed by atoms with Gasteiger partial charge in [-0.2, -0.15) is 0 Å². The van der Waals surface area contributed by atoms with E-state index in [-0.39, 0.29) is 23.3 Å². The highest BCUT2D eigenvalue weighted by Gasteiger charge is 2.35. The summed E-state index contributed by atoms with van der Waals surface area (Å²) in [4.78, 5) is 38.1. The molecule has 1 aromatic rings. The van der Waals surface area contributed by atoms with Crippen molar-refractivity contribution >= 4 is 34.9 Å². The van der Waals surface area contributed by atoms with Crippen molar-refractivity contribution in [2.24, 2.45) is 0 Å². The molecule has 0 spiro atoms. The monoisotopic (exact) mass is 412 g/mol. The van der Waals surface area contributed by atoms with Crippen molar-refractivity contribution in [1.29, 1.82) is 0 Å². The summed E-state index contributed by atoms with van der Waals surface area (Å²) in [5, 5.41) is 2.95. The average molecular weight is 413 g/mol. The fourth-order valence-electron chi connectivity index (χ4n) is 4.50. The lowest BCUT2D eigenvalue weighted by atomic mass is 9.84. The largest absolute Gasteiger partial charge is 0.334 e. The molecular formula is C23H25ClN2O3. The number of imide groups is 1. The maximum atomic E-state index is 12.4. The molecule has 6 heteroatoms. The third-order valence-electron chi connectivity index (χ3n) is 6.25. The van der Waals surface area contributed by atoms with Crippen LogP contribution in [0.1, 0.15) is 62.5 Å². The van der Waals surface area contributed by atoms with Crippen molar-refractivity contribution in [2.75, 3.05) is 6.54 Å². The molecule has 152 valence electrons. The van der Waals surface area contributed by atoms with E-state index >= 15 is 0 Å². The third-order valence-corrected chi connectivity index (χ3v) is 6.67. The molecule has 2 saturated heterocycles. The van der Waals surface area contributed by atoms with E-state index in [1.807, 2.05) is 29.2 Å². The predicted octanol–water partition coefficient (Wildman–Crippen LogP) is 3.97. The van der Waals surface area contributed by atoms with Crippen LogP contribution in [-0.2, 0) is 14.4 Å². The van der Waals surface area contributed by atoms with Gasteiger partial charge in [-0.1, -0.05) is 48.0 Å². The topological polar surface area (TPSA) is 66.5 Å². The van der Waals surface area contributed by atoms with Crippen LogP contribution >= 0.6 is 11.6 Å². The van der Waals surface area contributed by atoms with Gasteiger partial charge >= 0.3 is 0 Å². The van der Waals surface area contributed by atoms with Crippen LogP contribution in [0.5, 0.6) is 0 Å². The zero-order valence-electron chi connectivity index (χ0n) is 16.5. The Morgan fingerprint density at radius 2 is 2.00 bits per heavy atom. The summed E-state index contributed by atoms with van der Waals surface area (Å²) in [6, 6.07) is 5.70. The van der Waals surface area contributed by atoms with Gasteiger partial charge in [0.15, 0.2) is 0 Å². The van der Waals surface area contributed by atoms with E-state index in [2.05, 4.69) is 24.4 Å². The summed E-state index contributed by atoms with van der Waals surface area (Å²) in [6.07, 6.45) is 10.4. The molecule has 0 aromatic heterocycles. The van der Waals surface area contributed by atoms with E-state index < -0.39 is 5.92 Å². The second kappa shape index (κ2) is 7.79. The lowest BCUT2D eigenvalue weighted by Gasteiger charge is -2.42. The Balaban J connectivity index is 1.58. The van der Waals surface area contributed by atoms with Gasteiger partial charge in [-0.05, 0) is 43.7 Å². The minimum absolute atomic E-state index is 0.220. The number of hydrogen-bond acceptors (Lipinski definition) is 3. The lowest BCUT2D eigenvalue weighted by molar-refractivity contribution is -0.138. The molecule has 1 N–H and O–H groups in total. The van der Waals surface area contributed by atoms with Gasteiger partial charge in [-0.3, -0.25) is 19.7 Å². The van der Waals surface area contributed by atoms with Crippen molar-refractivity contribution < 1.29 is 14.4 Å². The molecular weight excluding hydrogens is 388 g/mol. The van der Waals surface area contributed by atoms with E-state index in [9.17, 15) is 14.4 Å². The number of carbonyl (C=O) groups excluding carboxylic acids is 3. The molecule has 0 bridgehead atoms. The van der Waals surface area contributed by atoms with E-state index in [0.717, 1.165) is 42.5 Å². The Kier molecular flexibility index (Phi) is 5.34. The molecule has 3 aliphatic rings. The number of hydrogen-bond donors (Lipinski definition) is 1. The van der Waals surface area contributed by atoms with Gasteiger partial charge in [0.1, 0.15) is 0 Å². The quantitative estimate of drug-likeness (QED) is 0.764. The number of nitrogens with zero attached hydrogens (tertiary/aromatic N) is 1. The first kappa shape index (κ1) is 19.9. The lowest BCUT2D eigenvalue weighted by Crippen LogP contribution is -2.50. The number of amides is 3. The maximum absolute atomic E-state index is 12.4. The first-order chi connectivity index (χ1) is 13.9. The van der Waals surface area contributed by atoms with Crippen LogP contribution in [-0.4, -0.2) is 34.7 Å². The molecule has 0 radical (unpaired) electrons. The molecule has 1 aliphatic carbocycles. The molecule has 2 heterocycles. The van der Waals surface area contributed by atoms with E-state index in [4.69, 9.17) is 11.6 Å². The van der Waals surface area contributed by atoms with Crippen molar-refractivity contribution in [2.45, 2.75) is 56.9 Å². The van der Waals surface area contributed by atoms with Crippen molar-refractivity contribution in [3.8, 4) is 0 Å². The maximum Gasteiger partial charge on any atom is 0.234 e. The molecule has 0 saturated carbocycles. The first-order valence-electron chi connectivity index (χ1n) is 10.2. The third kappa shape index (κ3) is 3.76. The van der Waals surface area contributed by atoms with Crippen LogP contribution in [0.15, 0.2) is 36.4 Å². The Bertz CT molecular complexity index is 936. The number of carbonyl (C=O) groups is 3. The van der Waals surface area contributed by atoms with Gasteiger partial charge in [0.2, 0.25) is 17.7 Å². The summed E-state index contributed by atoms with van der Waals surface area (Å²) < 4.78 is 0. The number of piperidine rings is 2. The Morgan fingerprint density at radius 1 is 1.17 bits per heavy atom. The fourth-order valence-corrected chi connectivity index (χ4v) is 4.87. The highest BCUT2D eigenvalue weighted by atomic mass is 35.5. The van der Waals surface area contributed by atoms with Gasteiger partial charge < -0.3 is 4.90 Å². The zero-order chi connectivity index (χ0) is 20.6. The van der Waals surface area contributed by atoms with Crippen LogP contribution < -0.4 is 5.32 Å². The molecule has 5 nitrogen and oxygen atoms in total. The molecule has 29 heavy (non-hydrogen) atoms. The van der Waals surface area contributed by atoms with Crippen molar-refractivity contribution in [3.63, 3.8) is 0 Å². The molecule has 2 atom stereocenters. The van der Waals surface area contributed by atoms with Gasteiger partial charge in [0.25, 0.3) is 0 Å². The Morgan fingerprint density at radius 3 is 2.69 bits per heavy atom. The first-order valence-corrected chi connectivity index (χ1v) is 10.6. The summed E-state index contributed by atoms with van der Waals surface area (Å²) in [7, 11) is 0. The van der Waals surface area contributed by atoms with Crippen LogP contribution in [0.4, 0.5) is 0 Å². The van der Waals surface area contributed by atoms with Crippen molar-refractivity contribution in [3.05, 3.63) is 52.6 Å². The van der Waals surface area contributed by atoms with Gasteiger partial charge in [0, 0.05) is 24.9 Å². The van der Waals surface area contributed by atoms with Gasteiger partial charge in [-0.25, -0.2) is 0 Å². The number of allylic oxidation sites excluding steroid dienone is 2. The standard InChI is InChI=1S/C23H25ClN2O3/c1-23(26-14-3-2-7-20(26)28)12-10-15(11-13-23)16-5-4-6-17(21(16)24)18-8-9-19(27)25-22(18)29/h4-6,10-12,18H,2-3,7-9,13-14H2,1H3,(H,25,27,29). The molecule has 2 aliphatic heterocycles. The normalized spacial score (nSPS) is 27.7. The number of halogens is 1. The minimum atomic E-state index is -0.412. The summed E-state index contributed by atoms with van der Waals surface area (Å²) in [6.45, 7) is 2.90. The van der Waals surface area contributed by atoms with Gasteiger partial charge in [-0.15, -0.1) is 0 Å². The predicted molar refractivity (Wildman–Crippen MR) is 112 cm³/mol. The van der Waals surface area contributed by atoms with Crippen LogP contribution in [0.2, 0.25) is 5.02 Å². The number of nitrogens with one attached hydrogen (secondary N) is 1. The summed E-state index contributed by atoms with van der Waals surface area (Å²) in [5.41, 5.74) is 2.31. The highest BCUT2D eigenvalue weighted by molar-refractivity contribution is 6.33.